The highest BCUT2D eigenvalue weighted by molar-refractivity contribution is 5.89. The number of hydrogen-bond acceptors (Lipinski definition) is 5. The zero-order valence-corrected chi connectivity index (χ0v) is 7.15. The zero-order valence-electron chi connectivity index (χ0n) is 7.15. The molecule has 0 saturated carbocycles. The first kappa shape index (κ1) is 11.6. The highest BCUT2D eigenvalue weighted by Gasteiger charge is 2.14. The molecular formula is C7H11NO5. The van der Waals surface area contributed by atoms with Crippen molar-refractivity contribution in [2.45, 2.75) is 25.8 Å². The quantitative estimate of drug-likeness (QED) is 0.446. The van der Waals surface area contributed by atoms with Gasteiger partial charge in [0, 0.05) is 0 Å². The van der Waals surface area contributed by atoms with Gasteiger partial charge in [0.1, 0.15) is 6.04 Å². The average molecular weight is 189 g/mol. The largest absolute Gasteiger partial charge is 0.481 e. The van der Waals surface area contributed by atoms with Crippen LogP contribution in [0, 0.1) is 0 Å². The summed E-state index contributed by atoms with van der Waals surface area (Å²) in [6.07, 6.45) is -0.682. The molecule has 0 aromatic heterocycles. The summed E-state index contributed by atoms with van der Waals surface area (Å²) in [5.74, 6) is -2.84. The van der Waals surface area contributed by atoms with Crippen LogP contribution in [0.25, 0.3) is 0 Å². The van der Waals surface area contributed by atoms with Crippen LogP contribution in [0.4, 0.5) is 0 Å². The number of nitrogens with two attached hydrogens (primary N) is 1. The van der Waals surface area contributed by atoms with Gasteiger partial charge in [0.05, 0.1) is 12.8 Å². The average Bonchev–Trinajstić information content (AvgIpc) is 2.00. The number of carboxylic acids is 1. The van der Waals surface area contributed by atoms with Crippen LogP contribution in [0.1, 0.15) is 19.8 Å². The molecule has 0 aliphatic rings. The maximum atomic E-state index is 10.7. The van der Waals surface area contributed by atoms with Gasteiger partial charge in [0.15, 0.2) is 0 Å². The Balaban J connectivity index is 3.75. The van der Waals surface area contributed by atoms with Gasteiger partial charge in [-0.15, -0.1) is 0 Å². The fourth-order valence-electron chi connectivity index (χ4n) is 0.465. The summed E-state index contributed by atoms with van der Waals surface area (Å²) in [4.78, 5) is 31.4. The Morgan fingerprint density at radius 1 is 1.38 bits per heavy atom. The number of carbonyl (C=O) groups is 3. The normalized spacial score (nSPS) is 11.8. The number of hydrogen-bond donors (Lipinski definition) is 2. The van der Waals surface area contributed by atoms with Crippen molar-refractivity contribution >= 4 is 17.9 Å². The van der Waals surface area contributed by atoms with E-state index in [0.717, 1.165) is 0 Å². The molecule has 1 atom stereocenters. The van der Waals surface area contributed by atoms with E-state index in [1.807, 2.05) is 0 Å². The highest BCUT2D eigenvalue weighted by atomic mass is 16.6. The third-order valence-electron chi connectivity index (χ3n) is 1.13. The Labute approximate surface area is 74.7 Å². The smallest absolute Gasteiger partial charge is 0.330 e. The van der Waals surface area contributed by atoms with E-state index >= 15 is 0 Å². The molecule has 0 aliphatic heterocycles. The number of esters is 2. The molecule has 0 aromatic carbocycles. The summed E-state index contributed by atoms with van der Waals surface area (Å²) in [6.45, 7) is 1.37. The molecule has 74 valence electrons. The van der Waals surface area contributed by atoms with Crippen molar-refractivity contribution in [1.82, 2.24) is 0 Å². The fourth-order valence-corrected chi connectivity index (χ4v) is 0.465. The predicted octanol–water partition coefficient (Wildman–Crippen LogP) is -0.732. The topological polar surface area (TPSA) is 107 Å². The molecular weight excluding hydrogens is 178 g/mol. The first-order valence-corrected chi connectivity index (χ1v) is 3.65. The molecule has 3 N–H and O–H groups in total. The van der Waals surface area contributed by atoms with Gasteiger partial charge in [0.25, 0.3) is 0 Å². The number of carbonyl (C=O) groups excluding carboxylic acids is 2. The molecule has 0 saturated heterocycles. The Bertz CT molecular complexity index is 223. The SMILES string of the molecule is C[C@H](N)C(=O)OC(=O)CCC(=O)O. The van der Waals surface area contributed by atoms with Gasteiger partial charge in [0.2, 0.25) is 0 Å². The Kier molecular flexibility index (Phi) is 4.68. The van der Waals surface area contributed by atoms with E-state index < -0.39 is 23.9 Å². The molecule has 0 aromatic rings. The lowest BCUT2D eigenvalue weighted by Gasteiger charge is -2.03. The molecule has 0 spiro atoms. The molecule has 0 aliphatic carbocycles. The second-order valence-corrected chi connectivity index (χ2v) is 2.48. The van der Waals surface area contributed by atoms with Crippen LogP contribution >= 0.6 is 0 Å². The van der Waals surface area contributed by atoms with E-state index in [9.17, 15) is 14.4 Å². The van der Waals surface area contributed by atoms with Crippen molar-refractivity contribution in [3.05, 3.63) is 0 Å². The summed E-state index contributed by atoms with van der Waals surface area (Å²) >= 11 is 0. The number of aliphatic carboxylic acids is 1. The minimum atomic E-state index is -1.12. The molecule has 0 unspecified atom stereocenters. The van der Waals surface area contributed by atoms with Crippen LogP contribution in [0.2, 0.25) is 0 Å². The van der Waals surface area contributed by atoms with Crippen molar-refractivity contribution in [3.63, 3.8) is 0 Å². The number of rotatable bonds is 4. The van der Waals surface area contributed by atoms with Gasteiger partial charge in [-0.25, -0.2) is 4.79 Å². The molecule has 0 fully saturated rings. The standard InChI is InChI=1S/C7H11NO5/c1-4(8)7(12)13-6(11)3-2-5(9)10/h4H,2-3,8H2,1H3,(H,9,10)/t4-/m0/s1. The maximum Gasteiger partial charge on any atom is 0.330 e. The van der Waals surface area contributed by atoms with Crippen molar-refractivity contribution in [1.29, 1.82) is 0 Å². The van der Waals surface area contributed by atoms with Crippen LogP contribution in [-0.2, 0) is 19.1 Å². The van der Waals surface area contributed by atoms with E-state index in [-0.39, 0.29) is 12.8 Å². The molecule has 6 nitrogen and oxygen atoms in total. The first-order valence-electron chi connectivity index (χ1n) is 3.65. The van der Waals surface area contributed by atoms with E-state index in [2.05, 4.69) is 4.74 Å². The van der Waals surface area contributed by atoms with Gasteiger partial charge in [-0.3, -0.25) is 9.59 Å². The molecule has 0 bridgehead atoms. The van der Waals surface area contributed by atoms with Crippen molar-refractivity contribution in [2.24, 2.45) is 5.73 Å². The lowest BCUT2D eigenvalue weighted by Crippen LogP contribution is -2.30. The summed E-state index contributed by atoms with van der Waals surface area (Å²) in [5, 5.41) is 8.19. The monoisotopic (exact) mass is 189 g/mol. The lowest BCUT2D eigenvalue weighted by atomic mass is 10.3. The second-order valence-electron chi connectivity index (χ2n) is 2.48. The van der Waals surface area contributed by atoms with Gasteiger partial charge in [-0.2, -0.15) is 0 Å². The number of carboxylic acid groups (broad SMARTS) is 1. The highest BCUT2D eigenvalue weighted by Crippen LogP contribution is 1.94. The van der Waals surface area contributed by atoms with Crippen molar-refractivity contribution < 1.29 is 24.2 Å². The summed E-state index contributed by atoms with van der Waals surface area (Å²) < 4.78 is 4.20. The first-order chi connectivity index (χ1) is 5.93. The van der Waals surface area contributed by atoms with Crippen molar-refractivity contribution in [2.75, 3.05) is 0 Å². The second kappa shape index (κ2) is 5.26. The zero-order chi connectivity index (χ0) is 10.4. The van der Waals surface area contributed by atoms with E-state index in [0.29, 0.717) is 0 Å². The van der Waals surface area contributed by atoms with Gasteiger partial charge in [-0.1, -0.05) is 0 Å². The third-order valence-corrected chi connectivity index (χ3v) is 1.13. The van der Waals surface area contributed by atoms with E-state index in [1.54, 1.807) is 0 Å². The Morgan fingerprint density at radius 2 is 1.92 bits per heavy atom. The van der Waals surface area contributed by atoms with Crippen LogP contribution in [0.5, 0.6) is 0 Å². The third kappa shape index (κ3) is 5.80. The van der Waals surface area contributed by atoms with Gasteiger partial charge >= 0.3 is 17.9 Å². The molecule has 0 amide bonds. The van der Waals surface area contributed by atoms with Gasteiger partial charge in [-0.05, 0) is 6.92 Å². The van der Waals surface area contributed by atoms with Crippen LogP contribution in [0.3, 0.4) is 0 Å². The number of ether oxygens (including phenoxy) is 1. The van der Waals surface area contributed by atoms with Crippen LogP contribution < -0.4 is 5.73 Å². The summed E-state index contributed by atoms with van der Waals surface area (Å²) in [5.41, 5.74) is 5.10. The van der Waals surface area contributed by atoms with Crippen molar-refractivity contribution in [3.8, 4) is 0 Å². The Morgan fingerprint density at radius 3 is 2.31 bits per heavy atom. The van der Waals surface area contributed by atoms with Crippen LogP contribution in [0.15, 0.2) is 0 Å². The van der Waals surface area contributed by atoms with E-state index in [4.69, 9.17) is 10.8 Å². The Hall–Kier alpha value is -1.43. The molecule has 13 heavy (non-hydrogen) atoms. The molecule has 0 heterocycles. The molecule has 6 heteroatoms. The molecule has 0 rings (SSSR count). The predicted molar refractivity (Wildman–Crippen MR) is 41.6 cm³/mol. The minimum Gasteiger partial charge on any atom is -0.481 e. The van der Waals surface area contributed by atoms with E-state index in [1.165, 1.54) is 6.92 Å². The fraction of sp³-hybridized carbons (Fsp3) is 0.571. The minimum absolute atomic E-state index is 0.326. The molecule has 0 radical (unpaired) electrons. The lowest BCUT2D eigenvalue weighted by molar-refractivity contribution is -0.161. The van der Waals surface area contributed by atoms with Crippen LogP contribution in [-0.4, -0.2) is 29.1 Å². The summed E-state index contributed by atoms with van der Waals surface area (Å²) in [6, 6.07) is -0.881. The maximum absolute atomic E-state index is 10.7. The summed E-state index contributed by atoms with van der Waals surface area (Å²) in [7, 11) is 0. The van der Waals surface area contributed by atoms with Gasteiger partial charge < -0.3 is 15.6 Å².